The predicted octanol–water partition coefficient (Wildman–Crippen LogP) is 5.49. The maximum Gasteiger partial charge on any atom is 0.0926 e. The zero-order valence-corrected chi connectivity index (χ0v) is 21.7. The van der Waals surface area contributed by atoms with Gasteiger partial charge in [-0.1, -0.05) is 91.0 Å². The molecule has 3 aromatic rings. The van der Waals surface area contributed by atoms with Crippen molar-refractivity contribution in [1.82, 2.24) is 10.2 Å². The lowest BCUT2D eigenvalue weighted by atomic mass is 9.80. The van der Waals surface area contributed by atoms with Crippen LogP contribution in [0.2, 0.25) is 0 Å². The summed E-state index contributed by atoms with van der Waals surface area (Å²) in [4.78, 5) is 2.62. The van der Waals surface area contributed by atoms with Gasteiger partial charge in [-0.15, -0.1) is 0 Å². The van der Waals surface area contributed by atoms with Crippen LogP contribution in [0.4, 0.5) is 0 Å². The van der Waals surface area contributed by atoms with Gasteiger partial charge >= 0.3 is 0 Å². The number of hydrogen-bond acceptors (Lipinski definition) is 4. The molecule has 0 amide bonds. The van der Waals surface area contributed by atoms with Gasteiger partial charge in [0.25, 0.3) is 0 Å². The molecular weight excluding hydrogens is 456 g/mol. The largest absolute Gasteiger partial charge is 0.385 e. The molecule has 4 aliphatic rings. The molecule has 4 nitrogen and oxygen atoms in total. The van der Waals surface area contributed by atoms with E-state index in [1.165, 1.54) is 31.2 Å². The van der Waals surface area contributed by atoms with Crippen molar-refractivity contribution in [3.8, 4) is 0 Å². The maximum atomic E-state index is 11.2. The summed E-state index contributed by atoms with van der Waals surface area (Å²) in [5.74, 6) is 0. The highest BCUT2D eigenvalue weighted by Crippen LogP contribution is 2.46. The highest BCUT2D eigenvalue weighted by molar-refractivity contribution is 5.26. The molecule has 0 saturated carbocycles. The van der Waals surface area contributed by atoms with Gasteiger partial charge in [0.2, 0.25) is 0 Å². The SMILES string of the molecule is OC1(c2ccccc2)CC2CCC(C1)N2.OC1(c2ccccc2)CC2CCC(C1)N2Cc1ccccc1. The second-order valence-electron chi connectivity index (χ2n) is 11.8. The number of rotatable bonds is 4. The van der Waals surface area contributed by atoms with Crippen molar-refractivity contribution >= 4 is 0 Å². The Morgan fingerprint density at radius 3 is 1.51 bits per heavy atom. The fourth-order valence-corrected chi connectivity index (χ4v) is 7.46. The van der Waals surface area contributed by atoms with E-state index < -0.39 is 11.2 Å². The summed E-state index contributed by atoms with van der Waals surface area (Å²) < 4.78 is 0. The van der Waals surface area contributed by atoms with Crippen LogP contribution in [-0.2, 0) is 17.7 Å². The standard InChI is InChI=1S/C20H23NO.C13H17NO/c22-20(17-9-5-2-6-10-17)13-18-11-12-19(14-20)21(18)15-16-7-3-1-4-8-16;15-13(10-4-2-1-3-5-10)8-11-6-7-12(9-13)14-11/h1-10,18-19,22H,11-15H2;1-5,11-12,14-15H,6-9H2. The van der Waals surface area contributed by atoms with Crippen LogP contribution in [0.1, 0.15) is 68.1 Å². The Kier molecular flexibility index (Phi) is 6.93. The molecule has 4 fully saturated rings. The molecule has 7 rings (SSSR count). The number of benzene rings is 3. The van der Waals surface area contributed by atoms with E-state index in [4.69, 9.17) is 0 Å². The molecule has 4 atom stereocenters. The van der Waals surface area contributed by atoms with Crippen LogP contribution < -0.4 is 5.32 Å². The van der Waals surface area contributed by atoms with Crippen LogP contribution in [0.3, 0.4) is 0 Å². The third-order valence-corrected chi connectivity index (χ3v) is 9.25. The summed E-state index contributed by atoms with van der Waals surface area (Å²) in [6, 6.07) is 33.1. The highest BCUT2D eigenvalue weighted by Gasteiger charge is 2.48. The Morgan fingerprint density at radius 2 is 1.03 bits per heavy atom. The Hall–Kier alpha value is -2.50. The van der Waals surface area contributed by atoms with E-state index in [1.807, 2.05) is 48.5 Å². The third kappa shape index (κ3) is 5.26. The Morgan fingerprint density at radius 1 is 0.595 bits per heavy atom. The van der Waals surface area contributed by atoms with E-state index >= 15 is 0 Å². The molecule has 4 unspecified atom stereocenters. The highest BCUT2D eigenvalue weighted by atomic mass is 16.3. The van der Waals surface area contributed by atoms with E-state index in [0.29, 0.717) is 24.2 Å². The first-order valence-electron chi connectivity index (χ1n) is 14.1. The van der Waals surface area contributed by atoms with Gasteiger partial charge < -0.3 is 15.5 Å². The molecule has 3 N–H and O–H groups in total. The predicted molar refractivity (Wildman–Crippen MR) is 148 cm³/mol. The van der Waals surface area contributed by atoms with Crippen molar-refractivity contribution in [2.75, 3.05) is 0 Å². The number of aliphatic hydroxyl groups is 2. The Labute approximate surface area is 221 Å². The topological polar surface area (TPSA) is 55.7 Å². The minimum atomic E-state index is -0.639. The van der Waals surface area contributed by atoms with Crippen molar-refractivity contribution in [3.63, 3.8) is 0 Å². The number of piperidine rings is 2. The molecule has 4 heteroatoms. The van der Waals surface area contributed by atoms with E-state index in [2.05, 4.69) is 52.7 Å². The third-order valence-electron chi connectivity index (χ3n) is 9.25. The zero-order chi connectivity index (χ0) is 25.3. The molecule has 4 bridgehead atoms. The van der Waals surface area contributed by atoms with Gasteiger partial charge in [0.05, 0.1) is 11.2 Å². The minimum Gasteiger partial charge on any atom is -0.385 e. The fraction of sp³-hybridized carbons (Fsp3) is 0.455. The number of nitrogens with zero attached hydrogens (tertiary/aromatic N) is 1. The lowest BCUT2D eigenvalue weighted by Gasteiger charge is -2.44. The summed E-state index contributed by atoms with van der Waals surface area (Å²) in [5.41, 5.74) is 2.33. The first kappa shape index (κ1) is 24.8. The van der Waals surface area contributed by atoms with Gasteiger partial charge in [-0.2, -0.15) is 0 Å². The summed E-state index contributed by atoms with van der Waals surface area (Å²) in [6.45, 7) is 1.01. The molecule has 4 saturated heterocycles. The van der Waals surface area contributed by atoms with Crippen LogP contribution in [-0.4, -0.2) is 39.3 Å². The molecule has 4 heterocycles. The first-order valence-corrected chi connectivity index (χ1v) is 14.1. The van der Waals surface area contributed by atoms with Crippen molar-refractivity contribution < 1.29 is 10.2 Å². The van der Waals surface area contributed by atoms with Crippen LogP contribution in [0, 0.1) is 0 Å². The van der Waals surface area contributed by atoms with Crippen LogP contribution in [0.5, 0.6) is 0 Å². The molecule has 0 radical (unpaired) electrons. The number of nitrogens with one attached hydrogen (secondary N) is 1. The Bertz CT molecular complexity index is 1130. The monoisotopic (exact) mass is 496 g/mol. The molecule has 0 spiro atoms. The second-order valence-corrected chi connectivity index (χ2v) is 11.8. The summed E-state index contributed by atoms with van der Waals surface area (Å²) >= 11 is 0. The Balaban J connectivity index is 0.000000146. The van der Waals surface area contributed by atoms with Gasteiger partial charge in [-0.3, -0.25) is 4.90 Å². The number of hydrogen-bond donors (Lipinski definition) is 3. The molecule has 3 aromatic carbocycles. The van der Waals surface area contributed by atoms with Crippen LogP contribution in [0.15, 0.2) is 91.0 Å². The maximum absolute atomic E-state index is 11.2. The second kappa shape index (κ2) is 10.3. The van der Waals surface area contributed by atoms with Crippen molar-refractivity contribution in [1.29, 1.82) is 0 Å². The van der Waals surface area contributed by atoms with Crippen molar-refractivity contribution in [3.05, 3.63) is 108 Å². The van der Waals surface area contributed by atoms with Crippen molar-refractivity contribution in [2.24, 2.45) is 0 Å². The lowest BCUT2D eigenvalue weighted by Crippen LogP contribution is -2.49. The first-order chi connectivity index (χ1) is 18.0. The molecule has 0 aromatic heterocycles. The average Bonchev–Trinajstić information content (AvgIpc) is 3.40. The smallest absolute Gasteiger partial charge is 0.0926 e. The number of fused-ring (bicyclic) bond motifs is 4. The molecule has 194 valence electrons. The zero-order valence-electron chi connectivity index (χ0n) is 21.7. The van der Waals surface area contributed by atoms with Crippen LogP contribution in [0.25, 0.3) is 0 Å². The summed E-state index contributed by atoms with van der Waals surface area (Å²) in [7, 11) is 0. The van der Waals surface area contributed by atoms with Gasteiger partial charge in [0, 0.05) is 30.7 Å². The lowest BCUT2D eigenvalue weighted by molar-refractivity contribution is -0.0595. The van der Waals surface area contributed by atoms with Gasteiger partial charge in [0.1, 0.15) is 0 Å². The van der Waals surface area contributed by atoms with Gasteiger partial charge in [-0.25, -0.2) is 0 Å². The van der Waals surface area contributed by atoms with Gasteiger partial charge in [0.15, 0.2) is 0 Å². The molecule has 0 aliphatic carbocycles. The molecule has 4 aliphatic heterocycles. The van der Waals surface area contributed by atoms with E-state index in [1.54, 1.807) is 0 Å². The van der Waals surface area contributed by atoms with E-state index in [-0.39, 0.29) is 0 Å². The minimum absolute atomic E-state index is 0.504. The van der Waals surface area contributed by atoms with Gasteiger partial charge in [-0.05, 0) is 68.1 Å². The average molecular weight is 497 g/mol. The van der Waals surface area contributed by atoms with E-state index in [9.17, 15) is 10.2 Å². The normalized spacial score (nSPS) is 34.5. The molecule has 37 heavy (non-hydrogen) atoms. The summed E-state index contributed by atoms with van der Waals surface area (Å²) in [5, 5.41) is 25.4. The van der Waals surface area contributed by atoms with E-state index in [0.717, 1.165) is 43.4 Å². The van der Waals surface area contributed by atoms with Crippen LogP contribution >= 0.6 is 0 Å². The fourth-order valence-electron chi connectivity index (χ4n) is 7.46. The quantitative estimate of drug-likeness (QED) is 0.447. The van der Waals surface area contributed by atoms with Crippen molar-refractivity contribution in [2.45, 2.75) is 93.3 Å². The summed E-state index contributed by atoms with van der Waals surface area (Å²) in [6.07, 6.45) is 8.33. The molecular formula is C33H40N2O2.